The molecule has 0 radical (unpaired) electrons. The molecule has 5 aromatic heterocycles. The van der Waals surface area contributed by atoms with E-state index in [1.165, 1.54) is 6.07 Å². The predicted octanol–water partition coefficient (Wildman–Crippen LogP) is 4.87. The van der Waals surface area contributed by atoms with Crippen molar-refractivity contribution in [3.05, 3.63) is 78.6 Å². The van der Waals surface area contributed by atoms with Crippen LogP contribution >= 0.6 is 0 Å². The van der Waals surface area contributed by atoms with Crippen LogP contribution in [0, 0.1) is 5.82 Å². The first kappa shape index (κ1) is 21.1. The Bertz CT molecular complexity index is 1670. The van der Waals surface area contributed by atoms with Gasteiger partial charge in [-0.2, -0.15) is 5.10 Å². The van der Waals surface area contributed by atoms with Crippen LogP contribution in [0.15, 0.2) is 67.3 Å². The maximum atomic E-state index is 14.5. The fourth-order valence-corrected chi connectivity index (χ4v) is 4.17. The van der Waals surface area contributed by atoms with E-state index in [9.17, 15) is 4.39 Å². The van der Waals surface area contributed by atoms with Crippen LogP contribution in [0.25, 0.3) is 56.0 Å². The summed E-state index contributed by atoms with van der Waals surface area (Å²) < 4.78 is 14.5. The van der Waals surface area contributed by atoms with Gasteiger partial charge in [-0.1, -0.05) is 25.1 Å². The molecular formula is C26H21FN8. The van der Waals surface area contributed by atoms with Crippen LogP contribution in [0.5, 0.6) is 0 Å². The third kappa shape index (κ3) is 3.81. The average molecular weight is 465 g/mol. The van der Waals surface area contributed by atoms with E-state index >= 15 is 0 Å². The van der Waals surface area contributed by atoms with Crippen molar-refractivity contribution in [1.82, 2.24) is 40.4 Å². The van der Waals surface area contributed by atoms with E-state index in [0.717, 1.165) is 35.2 Å². The van der Waals surface area contributed by atoms with Gasteiger partial charge in [-0.05, 0) is 36.4 Å². The topological polar surface area (TPSA) is 108 Å². The molecule has 0 fully saturated rings. The molecule has 8 nitrogen and oxygen atoms in total. The van der Waals surface area contributed by atoms with Crippen molar-refractivity contribution in [2.75, 3.05) is 6.54 Å². The zero-order valence-corrected chi connectivity index (χ0v) is 18.9. The number of pyridine rings is 3. The third-order valence-corrected chi connectivity index (χ3v) is 5.90. The summed E-state index contributed by atoms with van der Waals surface area (Å²) in [6, 6.07) is 12.5. The molecule has 0 saturated heterocycles. The van der Waals surface area contributed by atoms with Crippen molar-refractivity contribution >= 4 is 22.2 Å². The van der Waals surface area contributed by atoms with Gasteiger partial charge in [-0.3, -0.25) is 10.1 Å². The Morgan fingerprint density at radius 3 is 2.71 bits per heavy atom. The molecule has 0 spiro atoms. The molecule has 0 saturated carbocycles. The standard InChI is InChI=1S/C26H21FN8/c1-2-28-11-15-9-16(13-29-12-15)17-10-20-23(34-35-24(20)31-14-17)26-32-22-19(7-8-30-25(22)33-26)18-5-3-4-6-21(18)27/h3-10,12-14,28H,2,11H2,1H3,(H,30,32,33)(H,31,34,35). The first-order valence-corrected chi connectivity index (χ1v) is 11.3. The number of fused-ring (bicyclic) bond motifs is 2. The number of hydrogen-bond acceptors (Lipinski definition) is 6. The number of benzene rings is 1. The van der Waals surface area contributed by atoms with E-state index in [-0.39, 0.29) is 5.82 Å². The van der Waals surface area contributed by atoms with Crippen LogP contribution in [-0.4, -0.2) is 41.7 Å². The number of nitrogens with one attached hydrogen (secondary N) is 3. The molecule has 0 aliphatic heterocycles. The normalized spacial score (nSPS) is 11.5. The van der Waals surface area contributed by atoms with Gasteiger partial charge < -0.3 is 10.3 Å². The number of hydrogen-bond donors (Lipinski definition) is 3. The number of H-pyrrole nitrogens is 2. The Morgan fingerprint density at radius 2 is 1.83 bits per heavy atom. The second kappa shape index (κ2) is 8.69. The minimum Gasteiger partial charge on any atom is -0.321 e. The molecule has 0 aliphatic carbocycles. The summed E-state index contributed by atoms with van der Waals surface area (Å²) in [6.07, 6.45) is 7.12. The Balaban J connectivity index is 1.45. The molecule has 3 N–H and O–H groups in total. The number of nitrogens with zero attached hydrogens (tertiary/aromatic N) is 5. The molecule has 0 bridgehead atoms. The first-order chi connectivity index (χ1) is 17.2. The van der Waals surface area contributed by atoms with Crippen molar-refractivity contribution in [2.24, 2.45) is 0 Å². The summed E-state index contributed by atoms with van der Waals surface area (Å²) in [4.78, 5) is 21.3. The van der Waals surface area contributed by atoms with Gasteiger partial charge in [-0.15, -0.1) is 0 Å². The molecule has 0 atom stereocenters. The monoisotopic (exact) mass is 464 g/mol. The van der Waals surface area contributed by atoms with Crippen molar-refractivity contribution in [3.63, 3.8) is 0 Å². The minimum atomic E-state index is -0.311. The van der Waals surface area contributed by atoms with E-state index < -0.39 is 0 Å². The molecule has 5 heterocycles. The molecule has 1 aromatic carbocycles. The van der Waals surface area contributed by atoms with E-state index in [1.807, 2.05) is 18.5 Å². The predicted molar refractivity (Wildman–Crippen MR) is 133 cm³/mol. The van der Waals surface area contributed by atoms with Crippen molar-refractivity contribution in [3.8, 4) is 33.8 Å². The number of aromatic amines is 2. The van der Waals surface area contributed by atoms with Crippen LogP contribution in [0.3, 0.4) is 0 Å². The largest absolute Gasteiger partial charge is 0.321 e. The minimum absolute atomic E-state index is 0.311. The van der Waals surface area contributed by atoms with Gasteiger partial charge in [-0.25, -0.2) is 19.3 Å². The summed E-state index contributed by atoms with van der Waals surface area (Å²) in [5.74, 6) is 0.217. The Morgan fingerprint density at radius 1 is 0.943 bits per heavy atom. The smallest absolute Gasteiger partial charge is 0.161 e. The second-order valence-corrected chi connectivity index (χ2v) is 8.18. The van der Waals surface area contributed by atoms with Gasteiger partial charge in [0.05, 0.1) is 5.39 Å². The Labute approximate surface area is 199 Å². The quantitative estimate of drug-likeness (QED) is 0.324. The number of imidazole rings is 1. The highest BCUT2D eigenvalue weighted by atomic mass is 19.1. The van der Waals surface area contributed by atoms with Crippen LogP contribution in [0.4, 0.5) is 4.39 Å². The molecule has 6 rings (SSSR count). The Kier molecular flexibility index (Phi) is 5.23. The fraction of sp³-hybridized carbons (Fsp3) is 0.115. The van der Waals surface area contributed by atoms with E-state index in [2.05, 4.69) is 48.4 Å². The van der Waals surface area contributed by atoms with Crippen LogP contribution in [0.1, 0.15) is 12.5 Å². The van der Waals surface area contributed by atoms with E-state index in [0.29, 0.717) is 39.5 Å². The molecule has 0 unspecified atom stereocenters. The van der Waals surface area contributed by atoms with Crippen LogP contribution < -0.4 is 5.32 Å². The molecule has 0 aliphatic rings. The zero-order chi connectivity index (χ0) is 23.8. The van der Waals surface area contributed by atoms with Gasteiger partial charge >= 0.3 is 0 Å². The molecular weight excluding hydrogens is 443 g/mol. The van der Waals surface area contributed by atoms with Gasteiger partial charge in [0.25, 0.3) is 0 Å². The van der Waals surface area contributed by atoms with Gasteiger partial charge in [0.2, 0.25) is 0 Å². The summed E-state index contributed by atoms with van der Waals surface area (Å²) in [5, 5.41) is 11.6. The first-order valence-electron chi connectivity index (χ1n) is 11.3. The molecule has 6 aromatic rings. The highest BCUT2D eigenvalue weighted by Gasteiger charge is 2.18. The highest BCUT2D eigenvalue weighted by Crippen LogP contribution is 2.32. The molecule has 172 valence electrons. The average Bonchev–Trinajstić information content (AvgIpc) is 3.51. The summed E-state index contributed by atoms with van der Waals surface area (Å²) >= 11 is 0. The molecule has 35 heavy (non-hydrogen) atoms. The maximum Gasteiger partial charge on any atom is 0.161 e. The van der Waals surface area contributed by atoms with Gasteiger partial charge in [0, 0.05) is 53.6 Å². The van der Waals surface area contributed by atoms with Crippen molar-refractivity contribution in [1.29, 1.82) is 0 Å². The lowest BCUT2D eigenvalue weighted by Gasteiger charge is -2.05. The maximum absolute atomic E-state index is 14.5. The zero-order valence-electron chi connectivity index (χ0n) is 18.9. The number of aromatic nitrogens is 7. The lowest BCUT2D eigenvalue weighted by Crippen LogP contribution is -2.11. The lowest BCUT2D eigenvalue weighted by molar-refractivity contribution is 0.631. The van der Waals surface area contributed by atoms with Crippen LogP contribution in [-0.2, 0) is 6.54 Å². The van der Waals surface area contributed by atoms with Crippen molar-refractivity contribution in [2.45, 2.75) is 13.5 Å². The van der Waals surface area contributed by atoms with Crippen LogP contribution in [0.2, 0.25) is 0 Å². The number of halogens is 1. The Hall–Kier alpha value is -4.50. The second-order valence-electron chi connectivity index (χ2n) is 8.18. The SMILES string of the molecule is CCNCc1cncc(-c2cnc3[nH]nc(-c4nc5c(-c6ccccc6F)ccnc5[nH]4)c3c2)c1. The van der Waals surface area contributed by atoms with E-state index in [1.54, 1.807) is 36.7 Å². The third-order valence-electron chi connectivity index (χ3n) is 5.90. The van der Waals surface area contributed by atoms with E-state index in [4.69, 9.17) is 4.98 Å². The number of rotatable bonds is 6. The summed E-state index contributed by atoms with van der Waals surface area (Å²) in [5.41, 5.74) is 6.51. The molecule has 9 heteroatoms. The fourth-order valence-electron chi connectivity index (χ4n) is 4.17. The summed E-state index contributed by atoms with van der Waals surface area (Å²) in [6.45, 7) is 3.71. The van der Waals surface area contributed by atoms with Gasteiger partial charge in [0.1, 0.15) is 17.0 Å². The van der Waals surface area contributed by atoms with Gasteiger partial charge in [0.15, 0.2) is 17.1 Å². The highest BCUT2D eigenvalue weighted by molar-refractivity contribution is 5.96. The lowest BCUT2D eigenvalue weighted by atomic mass is 10.1. The molecule has 0 amide bonds. The summed E-state index contributed by atoms with van der Waals surface area (Å²) in [7, 11) is 0. The van der Waals surface area contributed by atoms with Crippen molar-refractivity contribution < 1.29 is 4.39 Å².